The molecule has 1 aliphatic carbocycles. The molecule has 1 aromatic heterocycles. The SMILES string of the molecule is O=C1CC(=O)CC(c2ccsc2Cl)C1. The lowest BCUT2D eigenvalue weighted by molar-refractivity contribution is -0.130. The van der Waals surface area contributed by atoms with Gasteiger partial charge in [-0.1, -0.05) is 11.6 Å². The van der Waals surface area contributed by atoms with Crippen LogP contribution in [-0.4, -0.2) is 11.6 Å². The average Bonchev–Trinajstić information content (AvgIpc) is 2.49. The molecule has 0 radical (unpaired) electrons. The van der Waals surface area contributed by atoms with Crippen LogP contribution in [0.1, 0.15) is 30.7 Å². The number of Topliss-reactive ketones (excluding diaryl/α,β-unsaturated/α-hetero) is 2. The average molecular weight is 229 g/mol. The van der Waals surface area contributed by atoms with Gasteiger partial charge in [-0.3, -0.25) is 9.59 Å². The van der Waals surface area contributed by atoms with Crippen LogP contribution in [0.3, 0.4) is 0 Å². The maximum atomic E-state index is 11.2. The summed E-state index contributed by atoms with van der Waals surface area (Å²) in [5, 5.41) is 1.89. The first-order valence-electron chi connectivity index (χ1n) is 4.43. The largest absolute Gasteiger partial charge is 0.299 e. The molecule has 2 nitrogen and oxygen atoms in total. The van der Waals surface area contributed by atoms with Crippen LogP contribution in [0.25, 0.3) is 0 Å². The van der Waals surface area contributed by atoms with Crippen molar-refractivity contribution in [1.82, 2.24) is 0 Å². The fourth-order valence-corrected chi connectivity index (χ4v) is 2.88. The van der Waals surface area contributed by atoms with E-state index in [1.165, 1.54) is 11.3 Å². The number of hydrogen-bond acceptors (Lipinski definition) is 3. The van der Waals surface area contributed by atoms with E-state index in [0.717, 1.165) is 5.56 Å². The third kappa shape index (κ3) is 1.88. The molecule has 0 bridgehead atoms. The summed E-state index contributed by atoms with van der Waals surface area (Å²) in [6.07, 6.45) is 1.03. The maximum absolute atomic E-state index is 11.2. The lowest BCUT2D eigenvalue weighted by Gasteiger charge is -2.19. The molecule has 0 N–H and O–H groups in total. The summed E-state index contributed by atoms with van der Waals surface area (Å²) >= 11 is 7.41. The van der Waals surface area contributed by atoms with Crippen molar-refractivity contribution in [2.75, 3.05) is 0 Å². The van der Waals surface area contributed by atoms with Gasteiger partial charge in [0.05, 0.1) is 10.8 Å². The van der Waals surface area contributed by atoms with Gasteiger partial charge in [0.25, 0.3) is 0 Å². The highest BCUT2D eigenvalue weighted by Gasteiger charge is 2.28. The minimum atomic E-state index is 0.0162. The van der Waals surface area contributed by atoms with Gasteiger partial charge in [0.1, 0.15) is 11.6 Å². The van der Waals surface area contributed by atoms with Crippen LogP contribution in [0.4, 0.5) is 0 Å². The first-order chi connectivity index (χ1) is 6.66. The smallest absolute Gasteiger partial charge is 0.140 e. The summed E-state index contributed by atoms with van der Waals surface area (Å²) in [5.74, 6) is 0.0875. The minimum absolute atomic E-state index is 0.0162. The van der Waals surface area contributed by atoms with Crippen molar-refractivity contribution in [3.8, 4) is 0 Å². The van der Waals surface area contributed by atoms with Gasteiger partial charge in [0.2, 0.25) is 0 Å². The second-order valence-electron chi connectivity index (χ2n) is 3.51. The van der Waals surface area contributed by atoms with E-state index in [4.69, 9.17) is 11.6 Å². The van der Waals surface area contributed by atoms with Gasteiger partial charge in [0.15, 0.2) is 0 Å². The fraction of sp³-hybridized carbons (Fsp3) is 0.400. The molecular formula is C10H9ClO2S. The molecule has 0 saturated heterocycles. The number of thiophene rings is 1. The molecule has 0 aromatic carbocycles. The molecule has 0 amide bonds. The molecule has 14 heavy (non-hydrogen) atoms. The third-order valence-electron chi connectivity index (χ3n) is 2.43. The molecule has 1 heterocycles. The monoisotopic (exact) mass is 228 g/mol. The van der Waals surface area contributed by atoms with Crippen LogP contribution in [0.2, 0.25) is 4.34 Å². The van der Waals surface area contributed by atoms with Gasteiger partial charge in [-0.2, -0.15) is 0 Å². The Labute approximate surface area is 90.9 Å². The summed E-state index contributed by atoms with van der Waals surface area (Å²) in [7, 11) is 0. The first kappa shape index (κ1) is 9.87. The van der Waals surface area contributed by atoms with E-state index in [0.29, 0.717) is 17.2 Å². The van der Waals surface area contributed by atoms with Gasteiger partial charge in [-0.05, 0) is 22.9 Å². The number of halogens is 1. The molecule has 0 spiro atoms. The standard InChI is InChI=1S/C10H9ClO2S/c11-10-9(1-2-14-10)6-3-7(12)5-8(13)4-6/h1-2,6H,3-5H2. The molecule has 0 unspecified atom stereocenters. The molecule has 74 valence electrons. The Morgan fingerprint density at radius 2 is 1.93 bits per heavy atom. The molecular weight excluding hydrogens is 220 g/mol. The highest BCUT2D eigenvalue weighted by Crippen LogP contribution is 2.36. The first-order valence-corrected chi connectivity index (χ1v) is 5.69. The number of carbonyl (C=O) groups is 2. The predicted octanol–water partition coefficient (Wildman–Crippen LogP) is 2.81. The van der Waals surface area contributed by atoms with Crippen LogP contribution >= 0.6 is 22.9 Å². The van der Waals surface area contributed by atoms with E-state index >= 15 is 0 Å². The highest BCUT2D eigenvalue weighted by molar-refractivity contribution is 7.14. The van der Waals surface area contributed by atoms with Crippen LogP contribution in [0.5, 0.6) is 0 Å². The van der Waals surface area contributed by atoms with Crippen molar-refractivity contribution in [3.05, 3.63) is 21.3 Å². The van der Waals surface area contributed by atoms with E-state index in [1.807, 2.05) is 11.4 Å². The van der Waals surface area contributed by atoms with Gasteiger partial charge in [-0.25, -0.2) is 0 Å². The fourth-order valence-electron chi connectivity index (χ4n) is 1.80. The lowest BCUT2D eigenvalue weighted by Crippen LogP contribution is -2.21. The zero-order chi connectivity index (χ0) is 10.1. The van der Waals surface area contributed by atoms with Gasteiger partial charge in [0, 0.05) is 12.8 Å². The molecule has 1 aromatic rings. The number of ketones is 2. The number of hydrogen-bond donors (Lipinski definition) is 0. The molecule has 1 aliphatic rings. The van der Waals surface area contributed by atoms with E-state index in [2.05, 4.69) is 0 Å². The summed E-state index contributed by atoms with van der Waals surface area (Å²) in [4.78, 5) is 22.5. The Balaban J connectivity index is 2.23. The molecule has 4 heteroatoms. The molecule has 2 rings (SSSR count). The van der Waals surface area contributed by atoms with Crippen LogP contribution in [-0.2, 0) is 9.59 Å². The topological polar surface area (TPSA) is 34.1 Å². The Morgan fingerprint density at radius 1 is 1.29 bits per heavy atom. The van der Waals surface area contributed by atoms with Crippen LogP contribution in [0.15, 0.2) is 11.4 Å². The summed E-state index contributed by atoms with van der Waals surface area (Å²) < 4.78 is 0.706. The predicted molar refractivity (Wildman–Crippen MR) is 55.9 cm³/mol. The van der Waals surface area contributed by atoms with Gasteiger partial charge in [-0.15, -0.1) is 11.3 Å². The van der Waals surface area contributed by atoms with Crippen LogP contribution in [0, 0.1) is 0 Å². The van der Waals surface area contributed by atoms with Crippen molar-refractivity contribution in [1.29, 1.82) is 0 Å². The third-order valence-corrected chi connectivity index (χ3v) is 3.63. The molecule has 0 aliphatic heterocycles. The zero-order valence-corrected chi connectivity index (χ0v) is 9.03. The quantitative estimate of drug-likeness (QED) is 0.693. The van der Waals surface area contributed by atoms with E-state index in [9.17, 15) is 9.59 Å². The summed E-state index contributed by atoms with van der Waals surface area (Å²) in [5.41, 5.74) is 0.957. The Morgan fingerprint density at radius 3 is 2.43 bits per heavy atom. The summed E-state index contributed by atoms with van der Waals surface area (Å²) in [6, 6.07) is 1.91. The van der Waals surface area contributed by atoms with E-state index in [-0.39, 0.29) is 23.9 Å². The van der Waals surface area contributed by atoms with Crippen molar-refractivity contribution in [2.45, 2.75) is 25.2 Å². The van der Waals surface area contributed by atoms with Crippen molar-refractivity contribution in [3.63, 3.8) is 0 Å². The molecule has 0 atom stereocenters. The van der Waals surface area contributed by atoms with Gasteiger partial charge < -0.3 is 0 Å². The minimum Gasteiger partial charge on any atom is -0.299 e. The van der Waals surface area contributed by atoms with Crippen molar-refractivity contribution in [2.24, 2.45) is 0 Å². The second-order valence-corrected chi connectivity index (χ2v) is 5.03. The zero-order valence-electron chi connectivity index (χ0n) is 7.46. The molecule has 1 saturated carbocycles. The van der Waals surface area contributed by atoms with E-state index < -0.39 is 0 Å². The number of carbonyl (C=O) groups excluding carboxylic acids is 2. The second kappa shape index (κ2) is 3.83. The Kier molecular flexibility index (Phi) is 2.70. The van der Waals surface area contributed by atoms with E-state index in [1.54, 1.807) is 0 Å². The molecule has 1 fully saturated rings. The Hall–Kier alpha value is -0.670. The maximum Gasteiger partial charge on any atom is 0.140 e. The highest BCUT2D eigenvalue weighted by atomic mass is 35.5. The summed E-state index contributed by atoms with van der Waals surface area (Å²) in [6.45, 7) is 0. The van der Waals surface area contributed by atoms with Crippen molar-refractivity contribution < 1.29 is 9.59 Å². The van der Waals surface area contributed by atoms with Crippen molar-refractivity contribution >= 4 is 34.5 Å². The Bertz CT molecular complexity index is 367. The number of rotatable bonds is 1. The van der Waals surface area contributed by atoms with Gasteiger partial charge >= 0.3 is 0 Å². The lowest BCUT2D eigenvalue weighted by atomic mass is 9.84. The van der Waals surface area contributed by atoms with Crippen LogP contribution < -0.4 is 0 Å². The normalized spacial score (nSPS) is 18.9.